The van der Waals surface area contributed by atoms with Crippen LogP contribution < -0.4 is 10.6 Å². The molecule has 102 valence electrons. The van der Waals surface area contributed by atoms with Crippen LogP contribution in [0.4, 0.5) is 10.6 Å². The summed E-state index contributed by atoms with van der Waals surface area (Å²) in [6, 6.07) is 6.84. The smallest absolute Gasteiger partial charge is 0.320 e. The second kappa shape index (κ2) is 5.00. The summed E-state index contributed by atoms with van der Waals surface area (Å²) in [4.78, 5) is 11.7. The van der Waals surface area contributed by atoms with Crippen molar-refractivity contribution in [1.29, 1.82) is 0 Å². The van der Waals surface area contributed by atoms with Crippen LogP contribution in [0.25, 0.3) is 5.65 Å². The van der Waals surface area contributed by atoms with Crippen molar-refractivity contribution in [1.82, 2.24) is 25.1 Å². The topological polar surface area (TPSA) is 97.3 Å². The van der Waals surface area contributed by atoms with Gasteiger partial charge in [-0.15, -0.1) is 10.2 Å². The third-order valence-corrected chi connectivity index (χ3v) is 2.66. The number of carbonyl (C=O) groups excluding carboxylic acids is 1. The van der Waals surface area contributed by atoms with Crippen LogP contribution >= 0.6 is 0 Å². The van der Waals surface area contributed by atoms with E-state index in [1.54, 1.807) is 17.4 Å². The number of aryl methyl sites for hydroxylation is 1. The van der Waals surface area contributed by atoms with Crippen LogP contribution in [-0.4, -0.2) is 25.8 Å². The number of hydrogen-bond donors (Lipinski definition) is 2. The molecule has 0 aliphatic rings. The first kappa shape index (κ1) is 12.2. The van der Waals surface area contributed by atoms with Gasteiger partial charge in [0.15, 0.2) is 17.3 Å². The van der Waals surface area contributed by atoms with E-state index < -0.39 is 0 Å². The second-order valence-corrected chi connectivity index (χ2v) is 4.18. The third kappa shape index (κ3) is 2.44. The largest absolute Gasteiger partial charge is 0.360 e. The van der Waals surface area contributed by atoms with E-state index in [2.05, 4.69) is 26.0 Å². The summed E-state index contributed by atoms with van der Waals surface area (Å²) in [7, 11) is 0. The number of anilines is 1. The molecule has 2 amide bonds. The number of nitrogens with zero attached hydrogens (tertiary/aromatic N) is 4. The Kier molecular flexibility index (Phi) is 3.04. The predicted molar refractivity (Wildman–Crippen MR) is 70.1 cm³/mol. The van der Waals surface area contributed by atoms with Crippen molar-refractivity contribution < 1.29 is 9.32 Å². The minimum Gasteiger partial charge on any atom is -0.360 e. The molecule has 0 atom stereocenters. The van der Waals surface area contributed by atoms with Gasteiger partial charge in [-0.1, -0.05) is 11.2 Å². The molecular formula is C12H12N6O2. The maximum absolute atomic E-state index is 11.7. The zero-order chi connectivity index (χ0) is 13.9. The van der Waals surface area contributed by atoms with Gasteiger partial charge >= 0.3 is 6.03 Å². The Morgan fingerprint density at radius 3 is 3.10 bits per heavy atom. The number of aromatic nitrogens is 4. The third-order valence-electron chi connectivity index (χ3n) is 2.66. The molecule has 3 rings (SSSR count). The van der Waals surface area contributed by atoms with Crippen LogP contribution in [0.3, 0.4) is 0 Å². The molecule has 0 aliphatic heterocycles. The highest BCUT2D eigenvalue weighted by molar-refractivity contribution is 5.88. The lowest BCUT2D eigenvalue weighted by Gasteiger charge is -2.03. The van der Waals surface area contributed by atoms with Crippen LogP contribution in [0, 0.1) is 6.92 Å². The van der Waals surface area contributed by atoms with Gasteiger partial charge in [-0.25, -0.2) is 4.79 Å². The van der Waals surface area contributed by atoms with E-state index in [1.165, 1.54) is 0 Å². The van der Waals surface area contributed by atoms with Crippen molar-refractivity contribution in [3.63, 3.8) is 0 Å². The number of hydrogen-bond acceptors (Lipinski definition) is 5. The molecule has 8 heteroatoms. The average Bonchev–Trinajstić information content (AvgIpc) is 3.03. The molecule has 0 bridgehead atoms. The first-order valence-electron chi connectivity index (χ1n) is 5.99. The fourth-order valence-corrected chi connectivity index (χ4v) is 1.76. The lowest BCUT2D eigenvalue weighted by atomic mass is 10.4. The lowest BCUT2D eigenvalue weighted by Crippen LogP contribution is -2.29. The van der Waals surface area contributed by atoms with Gasteiger partial charge in [-0.05, 0) is 19.1 Å². The second-order valence-electron chi connectivity index (χ2n) is 4.18. The standard InChI is InChI=1S/C12H12N6O2/c1-8-6-9(17-20-8)14-12(19)13-7-11-16-15-10-4-2-3-5-18(10)11/h2-6H,7H2,1H3,(H2,13,14,17,19). The molecular weight excluding hydrogens is 260 g/mol. The van der Waals surface area contributed by atoms with E-state index in [1.807, 2.05) is 24.4 Å². The molecule has 2 N–H and O–H groups in total. The first-order chi connectivity index (χ1) is 9.72. The van der Waals surface area contributed by atoms with Gasteiger partial charge in [-0.3, -0.25) is 9.72 Å². The molecule has 3 aromatic rings. The van der Waals surface area contributed by atoms with Crippen molar-refractivity contribution in [2.75, 3.05) is 5.32 Å². The highest BCUT2D eigenvalue weighted by Crippen LogP contribution is 2.06. The molecule has 0 saturated carbocycles. The van der Waals surface area contributed by atoms with Crippen molar-refractivity contribution in [2.24, 2.45) is 0 Å². The maximum Gasteiger partial charge on any atom is 0.320 e. The summed E-state index contributed by atoms with van der Waals surface area (Å²) in [5, 5.41) is 16.9. The van der Waals surface area contributed by atoms with E-state index in [4.69, 9.17) is 4.52 Å². The Hall–Kier alpha value is -2.90. The van der Waals surface area contributed by atoms with Gasteiger partial charge in [0, 0.05) is 12.3 Å². The summed E-state index contributed by atoms with van der Waals surface area (Å²) in [5.41, 5.74) is 0.733. The Balaban J connectivity index is 1.63. The number of amides is 2. The SMILES string of the molecule is Cc1cc(NC(=O)NCc2nnc3ccccn23)no1. The zero-order valence-corrected chi connectivity index (χ0v) is 10.7. The number of carbonyl (C=O) groups is 1. The number of rotatable bonds is 3. The quantitative estimate of drug-likeness (QED) is 0.750. The van der Waals surface area contributed by atoms with E-state index in [0.717, 1.165) is 5.65 Å². The minimum atomic E-state index is -0.383. The fourth-order valence-electron chi connectivity index (χ4n) is 1.76. The van der Waals surface area contributed by atoms with E-state index >= 15 is 0 Å². The number of fused-ring (bicyclic) bond motifs is 1. The normalized spacial score (nSPS) is 10.7. The zero-order valence-electron chi connectivity index (χ0n) is 10.7. The van der Waals surface area contributed by atoms with Crippen LogP contribution in [0.1, 0.15) is 11.6 Å². The molecule has 3 heterocycles. The molecule has 0 saturated heterocycles. The van der Waals surface area contributed by atoms with Gasteiger partial charge in [0.2, 0.25) is 0 Å². The summed E-state index contributed by atoms with van der Waals surface area (Å²) >= 11 is 0. The van der Waals surface area contributed by atoms with Crippen LogP contribution in [0.2, 0.25) is 0 Å². The molecule has 0 radical (unpaired) electrons. The molecule has 20 heavy (non-hydrogen) atoms. The summed E-state index contributed by atoms with van der Waals surface area (Å²) in [6.45, 7) is 2.01. The van der Waals surface area contributed by atoms with Gasteiger partial charge in [0.25, 0.3) is 0 Å². The minimum absolute atomic E-state index is 0.258. The van der Waals surface area contributed by atoms with Crippen molar-refractivity contribution in [3.05, 3.63) is 42.0 Å². The van der Waals surface area contributed by atoms with Gasteiger partial charge in [0.05, 0.1) is 6.54 Å². The summed E-state index contributed by atoms with van der Waals surface area (Å²) < 4.78 is 6.66. The summed E-state index contributed by atoms with van der Waals surface area (Å²) in [6.07, 6.45) is 1.84. The number of nitrogens with one attached hydrogen (secondary N) is 2. The molecule has 0 aliphatic carbocycles. The molecule has 8 nitrogen and oxygen atoms in total. The van der Waals surface area contributed by atoms with E-state index in [0.29, 0.717) is 17.4 Å². The Bertz CT molecular complexity index is 747. The lowest BCUT2D eigenvalue weighted by molar-refractivity contribution is 0.251. The Morgan fingerprint density at radius 2 is 2.30 bits per heavy atom. The maximum atomic E-state index is 11.7. The highest BCUT2D eigenvalue weighted by Gasteiger charge is 2.08. The van der Waals surface area contributed by atoms with E-state index in [9.17, 15) is 4.79 Å². The van der Waals surface area contributed by atoms with E-state index in [-0.39, 0.29) is 12.6 Å². The average molecular weight is 272 g/mol. The Morgan fingerprint density at radius 1 is 1.40 bits per heavy atom. The molecule has 3 aromatic heterocycles. The molecule has 0 fully saturated rings. The van der Waals surface area contributed by atoms with Crippen LogP contribution in [-0.2, 0) is 6.54 Å². The molecule has 0 aromatic carbocycles. The number of urea groups is 1. The predicted octanol–water partition coefficient (Wildman–Crippen LogP) is 1.35. The highest BCUT2D eigenvalue weighted by atomic mass is 16.5. The fraction of sp³-hybridized carbons (Fsp3) is 0.167. The van der Waals surface area contributed by atoms with Crippen LogP contribution in [0.5, 0.6) is 0 Å². The van der Waals surface area contributed by atoms with Crippen molar-refractivity contribution in [2.45, 2.75) is 13.5 Å². The summed E-state index contributed by atoms with van der Waals surface area (Å²) in [5.74, 6) is 1.64. The van der Waals surface area contributed by atoms with Crippen molar-refractivity contribution in [3.8, 4) is 0 Å². The Labute approximate surface area is 113 Å². The van der Waals surface area contributed by atoms with Crippen LogP contribution in [0.15, 0.2) is 35.0 Å². The van der Waals surface area contributed by atoms with Gasteiger partial charge in [-0.2, -0.15) is 0 Å². The molecule has 0 spiro atoms. The van der Waals surface area contributed by atoms with Gasteiger partial charge in [0.1, 0.15) is 5.76 Å². The van der Waals surface area contributed by atoms with Crippen molar-refractivity contribution >= 4 is 17.5 Å². The monoisotopic (exact) mass is 272 g/mol. The molecule has 0 unspecified atom stereocenters. The first-order valence-corrected chi connectivity index (χ1v) is 5.99. The van der Waals surface area contributed by atoms with Gasteiger partial charge < -0.3 is 9.84 Å². The number of pyridine rings is 1.